The molecule has 1 N–H and O–H groups in total. The van der Waals surface area contributed by atoms with Crippen LogP contribution in [-0.2, 0) is 14.8 Å². The number of halogens is 1. The SMILES string of the molecule is COc1ccc(Cl)cc1N(CC(=O)N[C@@H](C)c1cc(C)ccc1C)S(C)(=O)=O. The molecule has 1 amide bonds. The van der Waals surface area contributed by atoms with Crippen LogP contribution in [0.5, 0.6) is 5.75 Å². The van der Waals surface area contributed by atoms with Crippen LogP contribution in [0.15, 0.2) is 36.4 Å². The van der Waals surface area contributed by atoms with E-state index in [4.69, 9.17) is 16.3 Å². The van der Waals surface area contributed by atoms with Gasteiger partial charge in [0.25, 0.3) is 0 Å². The molecule has 0 aliphatic rings. The molecule has 0 saturated carbocycles. The first kappa shape index (κ1) is 22.0. The molecule has 152 valence electrons. The highest BCUT2D eigenvalue weighted by atomic mass is 35.5. The van der Waals surface area contributed by atoms with Gasteiger partial charge in [0, 0.05) is 5.02 Å². The van der Waals surface area contributed by atoms with Crippen LogP contribution in [-0.4, -0.2) is 34.2 Å². The molecular weight excluding hydrogens is 400 g/mol. The number of nitrogens with one attached hydrogen (secondary N) is 1. The lowest BCUT2D eigenvalue weighted by molar-refractivity contribution is -0.120. The molecule has 0 saturated heterocycles. The lowest BCUT2D eigenvalue weighted by Gasteiger charge is -2.25. The van der Waals surface area contributed by atoms with Gasteiger partial charge < -0.3 is 10.1 Å². The molecule has 6 nitrogen and oxygen atoms in total. The number of carbonyl (C=O) groups excluding carboxylic acids is 1. The fraction of sp³-hybridized carbons (Fsp3) is 0.350. The predicted octanol–water partition coefficient (Wildman–Crippen LogP) is 3.61. The lowest BCUT2D eigenvalue weighted by Crippen LogP contribution is -2.41. The third kappa shape index (κ3) is 5.39. The van der Waals surface area contributed by atoms with Crippen LogP contribution >= 0.6 is 11.6 Å². The van der Waals surface area contributed by atoms with Gasteiger partial charge in [-0.05, 0) is 50.1 Å². The van der Waals surface area contributed by atoms with Crippen LogP contribution in [0.1, 0.15) is 29.7 Å². The summed E-state index contributed by atoms with van der Waals surface area (Å²) >= 11 is 6.02. The predicted molar refractivity (Wildman–Crippen MR) is 113 cm³/mol. The Bertz CT molecular complexity index is 976. The molecule has 0 fully saturated rings. The standard InChI is InChI=1S/C20H25ClN2O4S/c1-13-6-7-14(2)17(10-13)15(3)22-20(24)12-23(28(5,25)26)18-11-16(21)8-9-19(18)27-4/h6-11,15H,12H2,1-5H3,(H,22,24)/t15-/m0/s1. The average Bonchev–Trinajstić information content (AvgIpc) is 2.60. The van der Waals surface area contributed by atoms with E-state index in [2.05, 4.69) is 5.32 Å². The minimum atomic E-state index is -3.74. The Morgan fingerprint density at radius 3 is 2.50 bits per heavy atom. The molecule has 2 aromatic rings. The van der Waals surface area contributed by atoms with Crippen molar-refractivity contribution in [2.45, 2.75) is 26.8 Å². The van der Waals surface area contributed by atoms with Gasteiger partial charge in [0.2, 0.25) is 15.9 Å². The van der Waals surface area contributed by atoms with Crippen molar-refractivity contribution in [2.75, 3.05) is 24.2 Å². The van der Waals surface area contributed by atoms with E-state index in [0.717, 1.165) is 27.3 Å². The first-order valence-electron chi connectivity index (χ1n) is 8.70. The van der Waals surface area contributed by atoms with Gasteiger partial charge in [0.1, 0.15) is 12.3 Å². The molecule has 0 bridgehead atoms. The number of hydrogen-bond donors (Lipinski definition) is 1. The second-order valence-electron chi connectivity index (χ2n) is 6.74. The number of sulfonamides is 1. The Kier molecular flexibility index (Phi) is 6.96. The maximum atomic E-state index is 12.6. The zero-order valence-electron chi connectivity index (χ0n) is 16.6. The van der Waals surface area contributed by atoms with Gasteiger partial charge in [-0.15, -0.1) is 0 Å². The van der Waals surface area contributed by atoms with Crippen LogP contribution in [0.3, 0.4) is 0 Å². The minimum absolute atomic E-state index is 0.215. The number of anilines is 1. The molecular formula is C20H25ClN2O4S. The van der Waals surface area contributed by atoms with E-state index < -0.39 is 15.9 Å². The third-order valence-corrected chi connectivity index (χ3v) is 5.74. The van der Waals surface area contributed by atoms with Gasteiger partial charge in [-0.2, -0.15) is 0 Å². The number of aryl methyl sites for hydroxylation is 2. The molecule has 0 radical (unpaired) electrons. The number of nitrogens with zero attached hydrogens (tertiary/aromatic N) is 1. The van der Waals surface area contributed by atoms with Gasteiger partial charge >= 0.3 is 0 Å². The van der Waals surface area contributed by atoms with E-state index in [0.29, 0.717) is 10.8 Å². The first-order chi connectivity index (χ1) is 13.0. The van der Waals surface area contributed by atoms with Gasteiger partial charge in [0.15, 0.2) is 0 Å². The zero-order chi connectivity index (χ0) is 21.1. The summed E-state index contributed by atoms with van der Waals surface area (Å²) in [6, 6.07) is 10.4. The van der Waals surface area contributed by atoms with Crippen molar-refractivity contribution in [1.82, 2.24) is 5.32 Å². The molecule has 0 aliphatic carbocycles. The summed E-state index contributed by atoms with van der Waals surface area (Å²) in [6.07, 6.45) is 1.04. The highest BCUT2D eigenvalue weighted by Gasteiger charge is 2.25. The summed E-state index contributed by atoms with van der Waals surface area (Å²) in [5, 5.41) is 3.21. The van der Waals surface area contributed by atoms with Crippen molar-refractivity contribution in [3.63, 3.8) is 0 Å². The van der Waals surface area contributed by atoms with Crippen molar-refractivity contribution in [2.24, 2.45) is 0 Å². The number of benzene rings is 2. The quantitative estimate of drug-likeness (QED) is 0.736. The van der Waals surface area contributed by atoms with E-state index in [1.165, 1.54) is 13.2 Å². The van der Waals surface area contributed by atoms with Crippen LogP contribution in [0.25, 0.3) is 0 Å². The fourth-order valence-electron chi connectivity index (χ4n) is 2.96. The van der Waals surface area contributed by atoms with E-state index in [1.807, 2.05) is 39.0 Å². The number of methoxy groups -OCH3 is 1. The van der Waals surface area contributed by atoms with Crippen LogP contribution in [0.2, 0.25) is 5.02 Å². The molecule has 0 aromatic heterocycles. The summed E-state index contributed by atoms with van der Waals surface area (Å²) in [5.74, 6) is -0.119. The number of carbonyl (C=O) groups is 1. The van der Waals surface area contributed by atoms with Gasteiger partial charge in [-0.25, -0.2) is 8.42 Å². The molecule has 2 aromatic carbocycles. The largest absolute Gasteiger partial charge is 0.495 e. The molecule has 0 aliphatic heterocycles. The monoisotopic (exact) mass is 424 g/mol. The highest BCUT2D eigenvalue weighted by molar-refractivity contribution is 7.92. The molecule has 2 rings (SSSR count). The van der Waals surface area contributed by atoms with E-state index in [9.17, 15) is 13.2 Å². The van der Waals surface area contributed by atoms with Crippen LogP contribution < -0.4 is 14.4 Å². The van der Waals surface area contributed by atoms with Crippen LogP contribution in [0, 0.1) is 13.8 Å². The molecule has 0 unspecified atom stereocenters. The third-order valence-electron chi connectivity index (χ3n) is 4.38. The van der Waals surface area contributed by atoms with E-state index in [-0.39, 0.29) is 18.3 Å². The van der Waals surface area contributed by atoms with Crippen molar-refractivity contribution in [3.8, 4) is 5.75 Å². The summed E-state index contributed by atoms with van der Waals surface area (Å²) in [4.78, 5) is 12.6. The molecule has 8 heteroatoms. The Balaban J connectivity index is 2.27. The molecule has 1 atom stereocenters. The van der Waals surface area contributed by atoms with Crippen molar-refractivity contribution < 1.29 is 17.9 Å². The normalized spacial score (nSPS) is 12.4. The second kappa shape index (κ2) is 8.84. The first-order valence-corrected chi connectivity index (χ1v) is 10.9. The maximum Gasteiger partial charge on any atom is 0.241 e. The Labute approximate surface area is 171 Å². The van der Waals surface area contributed by atoms with E-state index >= 15 is 0 Å². The van der Waals surface area contributed by atoms with Crippen molar-refractivity contribution in [3.05, 3.63) is 58.1 Å². The maximum absolute atomic E-state index is 12.6. The fourth-order valence-corrected chi connectivity index (χ4v) is 3.98. The summed E-state index contributed by atoms with van der Waals surface area (Å²) < 4.78 is 30.9. The number of hydrogen-bond acceptors (Lipinski definition) is 4. The van der Waals surface area contributed by atoms with Crippen LogP contribution in [0.4, 0.5) is 5.69 Å². The van der Waals surface area contributed by atoms with Crippen molar-refractivity contribution in [1.29, 1.82) is 0 Å². The summed E-state index contributed by atoms with van der Waals surface area (Å²) in [7, 11) is -2.32. The Morgan fingerprint density at radius 1 is 1.21 bits per heavy atom. The summed E-state index contributed by atoms with van der Waals surface area (Å²) in [5.41, 5.74) is 3.34. The number of amides is 1. The minimum Gasteiger partial charge on any atom is -0.495 e. The molecule has 0 spiro atoms. The van der Waals surface area contributed by atoms with E-state index in [1.54, 1.807) is 12.1 Å². The van der Waals surface area contributed by atoms with Gasteiger partial charge in [-0.1, -0.05) is 35.4 Å². The number of rotatable bonds is 7. The Morgan fingerprint density at radius 2 is 1.89 bits per heavy atom. The highest BCUT2D eigenvalue weighted by Crippen LogP contribution is 2.32. The lowest BCUT2D eigenvalue weighted by atomic mass is 10.00. The molecule has 28 heavy (non-hydrogen) atoms. The summed E-state index contributed by atoms with van der Waals surface area (Å²) in [6.45, 7) is 5.43. The topological polar surface area (TPSA) is 75.7 Å². The second-order valence-corrected chi connectivity index (χ2v) is 9.08. The van der Waals surface area contributed by atoms with Gasteiger partial charge in [0.05, 0.1) is 25.1 Å². The zero-order valence-corrected chi connectivity index (χ0v) is 18.2. The van der Waals surface area contributed by atoms with Gasteiger partial charge in [-0.3, -0.25) is 9.10 Å². The van der Waals surface area contributed by atoms with Crippen molar-refractivity contribution >= 4 is 33.2 Å². The number of ether oxygens (including phenoxy) is 1. The Hall–Kier alpha value is -2.25. The smallest absolute Gasteiger partial charge is 0.241 e. The average molecular weight is 425 g/mol. The molecule has 0 heterocycles.